The van der Waals surface area contributed by atoms with Gasteiger partial charge in [-0.15, -0.1) is 0 Å². The maximum atomic E-state index is 11.8. The zero-order valence-corrected chi connectivity index (χ0v) is 13.1. The number of aldehydes is 1. The molecular formula is C15H11BrClNO3. The first-order chi connectivity index (χ1) is 10.1. The minimum Gasteiger partial charge on any atom is -0.483 e. The number of benzene rings is 2. The van der Waals surface area contributed by atoms with Gasteiger partial charge in [0.05, 0.1) is 4.47 Å². The maximum absolute atomic E-state index is 11.8. The number of hydrogen-bond donors (Lipinski definition) is 1. The summed E-state index contributed by atoms with van der Waals surface area (Å²) in [6.07, 6.45) is 0.737. The summed E-state index contributed by atoms with van der Waals surface area (Å²) < 4.78 is 6.01. The molecule has 1 N–H and O–H groups in total. The molecule has 21 heavy (non-hydrogen) atoms. The highest BCUT2D eigenvalue weighted by atomic mass is 79.9. The molecule has 0 spiro atoms. The second-order valence-electron chi connectivity index (χ2n) is 4.15. The van der Waals surface area contributed by atoms with Gasteiger partial charge in [0, 0.05) is 16.3 Å². The summed E-state index contributed by atoms with van der Waals surface area (Å²) in [5.41, 5.74) is 1.13. The van der Waals surface area contributed by atoms with Gasteiger partial charge >= 0.3 is 0 Å². The van der Waals surface area contributed by atoms with Crippen LogP contribution in [0.5, 0.6) is 5.75 Å². The van der Waals surface area contributed by atoms with E-state index < -0.39 is 0 Å². The fourth-order valence-corrected chi connectivity index (χ4v) is 2.32. The Morgan fingerprint density at radius 1 is 1.29 bits per heavy atom. The molecule has 0 unspecified atom stereocenters. The fraction of sp³-hybridized carbons (Fsp3) is 0.0667. The Morgan fingerprint density at radius 3 is 2.76 bits per heavy atom. The highest BCUT2D eigenvalue weighted by Gasteiger charge is 2.07. The van der Waals surface area contributed by atoms with E-state index >= 15 is 0 Å². The molecule has 0 heterocycles. The molecule has 0 saturated heterocycles. The Hall–Kier alpha value is -1.85. The number of nitrogens with one attached hydrogen (secondary N) is 1. The monoisotopic (exact) mass is 367 g/mol. The molecule has 1 amide bonds. The van der Waals surface area contributed by atoms with Crippen LogP contribution in [0.3, 0.4) is 0 Å². The van der Waals surface area contributed by atoms with E-state index in [4.69, 9.17) is 16.3 Å². The normalized spacial score (nSPS) is 10.0. The standard InChI is InChI=1S/C15H11BrClNO3/c16-13-6-10(8-19)4-5-14(13)21-9-15(20)18-12-3-1-2-11(17)7-12/h1-8H,9H2,(H,18,20). The van der Waals surface area contributed by atoms with Gasteiger partial charge in [0.15, 0.2) is 6.61 Å². The van der Waals surface area contributed by atoms with E-state index in [1.165, 1.54) is 0 Å². The second kappa shape index (κ2) is 7.24. The smallest absolute Gasteiger partial charge is 0.262 e. The third-order valence-corrected chi connectivity index (χ3v) is 3.41. The quantitative estimate of drug-likeness (QED) is 0.814. The Labute approximate surface area is 135 Å². The highest BCUT2D eigenvalue weighted by Crippen LogP contribution is 2.25. The molecule has 6 heteroatoms. The van der Waals surface area contributed by atoms with Gasteiger partial charge in [0.1, 0.15) is 12.0 Å². The summed E-state index contributed by atoms with van der Waals surface area (Å²) >= 11 is 9.11. The highest BCUT2D eigenvalue weighted by molar-refractivity contribution is 9.10. The first-order valence-electron chi connectivity index (χ1n) is 6.01. The van der Waals surface area contributed by atoms with E-state index in [0.717, 1.165) is 6.29 Å². The lowest BCUT2D eigenvalue weighted by Gasteiger charge is -2.09. The predicted octanol–water partition coefficient (Wildman–Crippen LogP) is 3.93. The third-order valence-electron chi connectivity index (χ3n) is 2.56. The Morgan fingerprint density at radius 2 is 2.10 bits per heavy atom. The van der Waals surface area contributed by atoms with E-state index in [0.29, 0.717) is 26.5 Å². The number of amides is 1. The summed E-state index contributed by atoms with van der Waals surface area (Å²) in [5, 5.41) is 3.22. The largest absolute Gasteiger partial charge is 0.483 e. The fourth-order valence-electron chi connectivity index (χ4n) is 1.61. The first kappa shape index (κ1) is 15.5. The molecule has 2 rings (SSSR count). The third kappa shape index (κ3) is 4.58. The Bertz CT molecular complexity index is 676. The summed E-state index contributed by atoms with van der Waals surface area (Å²) in [7, 11) is 0. The molecule has 2 aromatic rings. The predicted molar refractivity (Wildman–Crippen MR) is 85.1 cm³/mol. The summed E-state index contributed by atoms with van der Waals surface area (Å²) in [6, 6.07) is 11.7. The van der Waals surface area contributed by atoms with Gasteiger partial charge in [0.2, 0.25) is 0 Å². The number of halogens is 2. The topological polar surface area (TPSA) is 55.4 Å². The number of ether oxygens (including phenoxy) is 1. The van der Waals surface area contributed by atoms with Crippen molar-refractivity contribution < 1.29 is 14.3 Å². The van der Waals surface area contributed by atoms with Crippen molar-refractivity contribution in [3.63, 3.8) is 0 Å². The molecule has 0 bridgehead atoms. The van der Waals surface area contributed by atoms with Crippen molar-refractivity contribution in [2.24, 2.45) is 0 Å². The molecule has 0 aliphatic rings. The molecule has 0 aliphatic heterocycles. The van der Waals surface area contributed by atoms with Crippen LogP contribution in [0, 0.1) is 0 Å². The lowest BCUT2D eigenvalue weighted by Crippen LogP contribution is -2.20. The van der Waals surface area contributed by atoms with Crippen LogP contribution >= 0.6 is 27.5 Å². The molecule has 4 nitrogen and oxygen atoms in total. The van der Waals surface area contributed by atoms with Crippen LogP contribution in [-0.2, 0) is 4.79 Å². The van der Waals surface area contributed by atoms with Gasteiger partial charge in [0.25, 0.3) is 5.91 Å². The minimum atomic E-state index is -0.302. The van der Waals surface area contributed by atoms with Gasteiger partial charge in [-0.05, 0) is 52.3 Å². The van der Waals surface area contributed by atoms with Gasteiger partial charge in [-0.3, -0.25) is 9.59 Å². The van der Waals surface area contributed by atoms with Crippen LogP contribution in [0.15, 0.2) is 46.9 Å². The number of rotatable bonds is 5. The summed E-state index contributed by atoms with van der Waals surface area (Å²) in [6.45, 7) is -0.147. The second-order valence-corrected chi connectivity index (χ2v) is 5.45. The van der Waals surface area contributed by atoms with Crippen molar-refractivity contribution in [3.05, 3.63) is 57.5 Å². The SMILES string of the molecule is O=Cc1ccc(OCC(=O)Nc2cccc(Cl)c2)c(Br)c1. The minimum absolute atomic E-state index is 0.147. The molecule has 0 saturated carbocycles. The molecular weight excluding hydrogens is 358 g/mol. The molecule has 0 atom stereocenters. The summed E-state index contributed by atoms with van der Waals surface area (Å²) in [5.74, 6) is 0.186. The van der Waals surface area contributed by atoms with E-state index in [2.05, 4.69) is 21.2 Å². The lowest BCUT2D eigenvalue weighted by atomic mass is 10.2. The average molecular weight is 369 g/mol. The van der Waals surface area contributed by atoms with Crippen molar-refractivity contribution in [2.75, 3.05) is 11.9 Å². The zero-order chi connectivity index (χ0) is 15.2. The van der Waals surface area contributed by atoms with Crippen LogP contribution in [0.4, 0.5) is 5.69 Å². The molecule has 2 aromatic carbocycles. The Kier molecular flexibility index (Phi) is 5.36. The van der Waals surface area contributed by atoms with Crippen LogP contribution < -0.4 is 10.1 Å². The van der Waals surface area contributed by atoms with Crippen molar-refractivity contribution in [2.45, 2.75) is 0 Å². The molecule has 0 aliphatic carbocycles. The van der Waals surface area contributed by atoms with Crippen molar-refractivity contribution >= 4 is 45.4 Å². The van der Waals surface area contributed by atoms with Crippen molar-refractivity contribution in [1.29, 1.82) is 0 Å². The maximum Gasteiger partial charge on any atom is 0.262 e. The number of carbonyl (C=O) groups is 2. The van der Waals surface area contributed by atoms with Crippen LogP contribution in [0.2, 0.25) is 5.02 Å². The van der Waals surface area contributed by atoms with Crippen LogP contribution in [0.25, 0.3) is 0 Å². The van der Waals surface area contributed by atoms with Crippen molar-refractivity contribution in [3.8, 4) is 5.75 Å². The van der Waals surface area contributed by atoms with Gasteiger partial charge < -0.3 is 10.1 Å². The van der Waals surface area contributed by atoms with Crippen LogP contribution in [0.1, 0.15) is 10.4 Å². The van der Waals surface area contributed by atoms with Gasteiger partial charge in [-0.2, -0.15) is 0 Å². The average Bonchev–Trinajstić information content (AvgIpc) is 2.46. The number of anilines is 1. The zero-order valence-electron chi connectivity index (χ0n) is 10.8. The van der Waals surface area contributed by atoms with E-state index in [1.54, 1.807) is 42.5 Å². The molecule has 0 radical (unpaired) electrons. The van der Waals surface area contributed by atoms with Crippen molar-refractivity contribution in [1.82, 2.24) is 0 Å². The Balaban J connectivity index is 1.93. The lowest BCUT2D eigenvalue weighted by molar-refractivity contribution is -0.118. The van der Waals surface area contributed by atoms with Gasteiger partial charge in [-0.1, -0.05) is 17.7 Å². The van der Waals surface area contributed by atoms with E-state index in [9.17, 15) is 9.59 Å². The molecule has 0 aromatic heterocycles. The molecule has 0 fully saturated rings. The van der Waals surface area contributed by atoms with E-state index in [1.807, 2.05) is 0 Å². The van der Waals surface area contributed by atoms with E-state index in [-0.39, 0.29) is 12.5 Å². The summed E-state index contributed by atoms with van der Waals surface area (Å²) in [4.78, 5) is 22.4. The number of carbonyl (C=O) groups excluding carboxylic acids is 2. The molecule has 108 valence electrons. The first-order valence-corrected chi connectivity index (χ1v) is 7.18. The van der Waals surface area contributed by atoms with Crippen LogP contribution in [-0.4, -0.2) is 18.8 Å². The van der Waals surface area contributed by atoms with Gasteiger partial charge in [-0.25, -0.2) is 0 Å². The number of hydrogen-bond acceptors (Lipinski definition) is 3.